The zero-order chi connectivity index (χ0) is 22.0. The summed E-state index contributed by atoms with van der Waals surface area (Å²) in [5.41, 5.74) is 6.81. The first-order valence-corrected chi connectivity index (χ1v) is 9.67. The van der Waals surface area contributed by atoms with Gasteiger partial charge >= 0.3 is 5.97 Å². The largest absolute Gasteiger partial charge is 0.481 e. The molecule has 3 aromatic rings. The maximum absolute atomic E-state index is 13.2. The minimum atomic E-state index is -0.603. The Morgan fingerprint density at radius 1 is 0.871 bits per heavy atom. The monoisotopic (exact) mass is 417 g/mol. The molecule has 0 saturated heterocycles. The molecular formula is C24H19NO6. The third-order valence-electron chi connectivity index (χ3n) is 4.79. The van der Waals surface area contributed by atoms with Crippen LogP contribution in [0.5, 0.6) is 17.2 Å². The van der Waals surface area contributed by atoms with Crippen molar-refractivity contribution >= 4 is 23.2 Å². The molecule has 7 heteroatoms. The van der Waals surface area contributed by atoms with Gasteiger partial charge in [-0.15, -0.1) is 0 Å². The highest BCUT2D eigenvalue weighted by molar-refractivity contribution is 6.31. The number of benzene rings is 3. The van der Waals surface area contributed by atoms with Crippen LogP contribution in [0.1, 0.15) is 38.8 Å². The van der Waals surface area contributed by atoms with E-state index in [0.717, 1.165) is 0 Å². The highest BCUT2D eigenvalue weighted by atomic mass is 16.6. The molecule has 1 aliphatic carbocycles. The molecule has 7 nitrogen and oxygen atoms in total. The molecule has 2 N–H and O–H groups in total. The fourth-order valence-electron chi connectivity index (χ4n) is 3.41. The SMILES string of the molecule is CCOC(=O)COc1cc(Oc2ccccc2)c(N)c2c1C(=O)c1ccccc1C2=O. The first kappa shape index (κ1) is 20.2. The Bertz CT molecular complexity index is 1190. The van der Waals surface area contributed by atoms with Crippen molar-refractivity contribution in [2.75, 3.05) is 18.9 Å². The summed E-state index contributed by atoms with van der Waals surface area (Å²) in [7, 11) is 0. The topological polar surface area (TPSA) is 105 Å². The third-order valence-corrected chi connectivity index (χ3v) is 4.79. The van der Waals surface area contributed by atoms with Crippen LogP contribution >= 0.6 is 0 Å². The molecule has 156 valence electrons. The van der Waals surface area contributed by atoms with Crippen molar-refractivity contribution in [3.8, 4) is 17.2 Å². The molecule has 31 heavy (non-hydrogen) atoms. The summed E-state index contributed by atoms with van der Waals surface area (Å²) >= 11 is 0. The van der Waals surface area contributed by atoms with E-state index in [-0.39, 0.29) is 46.0 Å². The van der Waals surface area contributed by atoms with E-state index in [4.69, 9.17) is 19.9 Å². The number of ketones is 2. The summed E-state index contributed by atoms with van der Waals surface area (Å²) in [5.74, 6) is -0.779. The van der Waals surface area contributed by atoms with E-state index in [2.05, 4.69) is 0 Å². The predicted octanol–water partition coefficient (Wildman–Crippen LogP) is 3.78. The van der Waals surface area contributed by atoms with E-state index in [0.29, 0.717) is 5.75 Å². The lowest BCUT2D eigenvalue weighted by Gasteiger charge is -2.23. The predicted molar refractivity (Wildman–Crippen MR) is 113 cm³/mol. The first-order chi connectivity index (χ1) is 15.0. The number of ether oxygens (including phenoxy) is 3. The number of hydrogen-bond acceptors (Lipinski definition) is 7. The van der Waals surface area contributed by atoms with Gasteiger partial charge in [0.15, 0.2) is 23.9 Å². The number of para-hydroxylation sites is 1. The van der Waals surface area contributed by atoms with Crippen LogP contribution in [0.4, 0.5) is 5.69 Å². The van der Waals surface area contributed by atoms with Gasteiger partial charge in [0.1, 0.15) is 11.5 Å². The number of fused-ring (bicyclic) bond motifs is 2. The van der Waals surface area contributed by atoms with Gasteiger partial charge in [0.2, 0.25) is 0 Å². The van der Waals surface area contributed by atoms with Gasteiger partial charge in [-0.1, -0.05) is 42.5 Å². The van der Waals surface area contributed by atoms with Gasteiger partial charge in [-0.2, -0.15) is 0 Å². The smallest absolute Gasteiger partial charge is 0.344 e. The van der Waals surface area contributed by atoms with Crippen molar-refractivity contribution < 1.29 is 28.6 Å². The van der Waals surface area contributed by atoms with Crippen molar-refractivity contribution in [1.82, 2.24) is 0 Å². The molecule has 0 amide bonds. The number of rotatable bonds is 6. The van der Waals surface area contributed by atoms with Gasteiger partial charge in [-0.05, 0) is 19.1 Å². The Kier molecular flexibility index (Phi) is 5.41. The summed E-state index contributed by atoms with van der Waals surface area (Å²) in [6.45, 7) is 1.43. The Hall–Kier alpha value is -4.13. The van der Waals surface area contributed by atoms with E-state index in [1.165, 1.54) is 6.07 Å². The van der Waals surface area contributed by atoms with E-state index < -0.39 is 24.1 Å². The normalized spacial score (nSPS) is 12.0. The maximum atomic E-state index is 13.2. The van der Waals surface area contributed by atoms with E-state index in [1.54, 1.807) is 55.5 Å². The zero-order valence-corrected chi connectivity index (χ0v) is 16.7. The summed E-state index contributed by atoms with van der Waals surface area (Å²) < 4.78 is 16.3. The number of esters is 1. The molecule has 0 unspecified atom stereocenters. The fraction of sp³-hybridized carbons (Fsp3) is 0.125. The van der Waals surface area contributed by atoms with Crippen molar-refractivity contribution in [2.24, 2.45) is 0 Å². The van der Waals surface area contributed by atoms with Crippen LogP contribution in [-0.2, 0) is 9.53 Å². The molecule has 0 aliphatic heterocycles. The lowest BCUT2D eigenvalue weighted by Crippen LogP contribution is -2.24. The molecule has 0 spiro atoms. The third kappa shape index (κ3) is 3.73. The number of nitrogens with two attached hydrogens (primary N) is 1. The average molecular weight is 417 g/mol. The lowest BCUT2D eigenvalue weighted by atomic mass is 9.82. The quantitative estimate of drug-likeness (QED) is 0.376. The molecule has 0 atom stereocenters. The summed E-state index contributed by atoms with van der Waals surface area (Å²) in [4.78, 5) is 38.3. The lowest BCUT2D eigenvalue weighted by molar-refractivity contribution is -0.145. The maximum Gasteiger partial charge on any atom is 0.344 e. The van der Waals surface area contributed by atoms with Crippen LogP contribution in [0, 0.1) is 0 Å². The van der Waals surface area contributed by atoms with E-state index in [9.17, 15) is 14.4 Å². The molecule has 0 fully saturated rings. The first-order valence-electron chi connectivity index (χ1n) is 9.67. The molecule has 3 aromatic carbocycles. The Labute approximate surface area is 178 Å². The average Bonchev–Trinajstić information content (AvgIpc) is 2.78. The van der Waals surface area contributed by atoms with Crippen LogP contribution in [0.15, 0.2) is 60.7 Å². The number of carbonyl (C=O) groups is 3. The molecule has 0 radical (unpaired) electrons. The van der Waals surface area contributed by atoms with Gasteiger partial charge in [0.25, 0.3) is 0 Å². The second-order valence-electron chi connectivity index (χ2n) is 6.75. The van der Waals surface area contributed by atoms with Crippen molar-refractivity contribution in [1.29, 1.82) is 0 Å². The molecule has 0 bridgehead atoms. The molecule has 0 aromatic heterocycles. The highest BCUT2D eigenvalue weighted by Gasteiger charge is 2.36. The minimum absolute atomic E-state index is 0.00371. The van der Waals surface area contributed by atoms with Crippen LogP contribution < -0.4 is 15.2 Å². The summed E-state index contributed by atoms with van der Waals surface area (Å²) in [5, 5.41) is 0. The Morgan fingerprint density at radius 3 is 2.13 bits per heavy atom. The van der Waals surface area contributed by atoms with Crippen molar-refractivity contribution in [2.45, 2.75) is 6.92 Å². The van der Waals surface area contributed by atoms with E-state index >= 15 is 0 Å². The molecular weight excluding hydrogens is 398 g/mol. The second-order valence-corrected chi connectivity index (χ2v) is 6.75. The standard InChI is InChI=1S/C24H19NO6/c1-2-29-19(26)13-30-17-12-18(31-14-8-4-3-5-9-14)22(25)21-20(17)23(27)15-10-6-7-11-16(15)24(21)28/h3-12H,2,13,25H2,1H3. The molecule has 0 heterocycles. The van der Waals surface area contributed by atoms with Gasteiger partial charge in [0.05, 0.1) is 23.4 Å². The molecule has 1 aliphatic rings. The van der Waals surface area contributed by atoms with Crippen LogP contribution in [0.3, 0.4) is 0 Å². The van der Waals surface area contributed by atoms with Gasteiger partial charge in [-0.25, -0.2) is 4.79 Å². The fourth-order valence-corrected chi connectivity index (χ4v) is 3.41. The van der Waals surface area contributed by atoms with Gasteiger partial charge < -0.3 is 19.9 Å². The van der Waals surface area contributed by atoms with Crippen LogP contribution in [-0.4, -0.2) is 30.7 Å². The van der Waals surface area contributed by atoms with Crippen LogP contribution in [0.2, 0.25) is 0 Å². The summed E-state index contributed by atoms with van der Waals surface area (Å²) in [6.07, 6.45) is 0. The Balaban J connectivity index is 1.84. The van der Waals surface area contributed by atoms with Crippen LogP contribution in [0.25, 0.3) is 0 Å². The summed E-state index contributed by atoms with van der Waals surface area (Å²) in [6, 6.07) is 16.7. The molecule has 4 rings (SSSR count). The number of hydrogen-bond donors (Lipinski definition) is 1. The van der Waals surface area contributed by atoms with Crippen molar-refractivity contribution in [3.05, 3.63) is 82.9 Å². The number of anilines is 1. The Morgan fingerprint density at radius 2 is 1.48 bits per heavy atom. The van der Waals surface area contributed by atoms with Crippen molar-refractivity contribution in [3.63, 3.8) is 0 Å². The van der Waals surface area contributed by atoms with E-state index in [1.807, 2.05) is 6.07 Å². The van der Waals surface area contributed by atoms with Gasteiger partial charge in [-0.3, -0.25) is 9.59 Å². The number of nitrogen functional groups attached to an aromatic ring is 1. The number of carbonyl (C=O) groups excluding carboxylic acids is 3. The molecule has 0 saturated carbocycles. The second kappa shape index (κ2) is 8.31. The highest BCUT2D eigenvalue weighted by Crippen LogP contribution is 2.43. The minimum Gasteiger partial charge on any atom is -0.481 e. The van der Waals surface area contributed by atoms with Gasteiger partial charge in [0, 0.05) is 17.2 Å². The zero-order valence-electron chi connectivity index (χ0n) is 16.7.